The summed E-state index contributed by atoms with van der Waals surface area (Å²) in [6, 6.07) is -0.464. The first-order valence-corrected chi connectivity index (χ1v) is 10.0. The zero-order valence-electron chi connectivity index (χ0n) is 15.7. The van der Waals surface area contributed by atoms with Crippen molar-refractivity contribution in [2.45, 2.75) is 109 Å². The summed E-state index contributed by atoms with van der Waals surface area (Å²) in [5.41, 5.74) is 5.73. The zero-order chi connectivity index (χ0) is 18.8. The standard InChI is InChI=1S/C20H37NO4/c21-18(14-13-17-22)19(23)15-11-9-7-5-3-1-2-4-6-8-10-12-16-20(24)25/h17-18H,1-16,21H2,(H,24,25). The highest BCUT2D eigenvalue weighted by Gasteiger charge is 2.11. The van der Waals surface area contributed by atoms with E-state index in [0.717, 1.165) is 38.4 Å². The van der Waals surface area contributed by atoms with Gasteiger partial charge in [-0.1, -0.05) is 64.2 Å². The van der Waals surface area contributed by atoms with Gasteiger partial charge in [0.25, 0.3) is 0 Å². The van der Waals surface area contributed by atoms with Gasteiger partial charge in [0.15, 0.2) is 0 Å². The van der Waals surface area contributed by atoms with Gasteiger partial charge in [-0.2, -0.15) is 0 Å². The molecule has 0 saturated heterocycles. The van der Waals surface area contributed by atoms with Gasteiger partial charge in [-0.15, -0.1) is 0 Å². The molecule has 5 nitrogen and oxygen atoms in total. The van der Waals surface area contributed by atoms with Crippen molar-refractivity contribution in [3.05, 3.63) is 0 Å². The smallest absolute Gasteiger partial charge is 0.303 e. The molecule has 0 saturated carbocycles. The van der Waals surface area contributed by atoms with E-state index in [1.807, 2.05) is 0 Å². The number of rotatable bonds is 19. The van der Waals surface area contributed by atoms with Crippen LogP contribution in [0.15, 0.2) is 0 Å². The summed E-state index contributed by atoms with van der Waals surface area (Å²) in [7, 11) is 0. The third-order valence-corrected chi connectivity index (χ3v) is 4.57. The van der Waals surface area contributed by atoms with E-state index in [1.54, 1.807) is 0 Å². The second-order valence-electron chi connectivity index (χ2n) is 6.95. The first-order valence-electron chi connectivity index (χ1n) is 10.0. The van der Waals surface area contributed by atoms with Gasteiger partial charge in [0.2, 0.25) is 0 Å². The minimum Gasteiger partial charge on any atom is -0.481 e. The fraction of sp³-hybridized carbons (Fsp3) is 0.850. The molecule has 0 aromatic heterocycles. The Morgan fingerprint density at radius 1 is 0.760 bits per heavy atom. The second kappa shape index (κ2) is 17.6. The SMILES string of the molecule is NC(CCC=O)C(=O)CCCCCCCCCCCCCCC(=O)O. The van der Waals surface area contributed by atoms with Crippen LogP contribution in [0.4, 0.5) is 0 Å². The lowest BCUT2D eigenvalue weighted by Gasteiger charge is -2.08. The Labute approximate surface area is 152 Å². The summed E-state index contributed by atoms with van der Waals surface area (Å²) in [6.45, 7) is 0. The molecule has 0 fully saturated rings. The van der Waals surface area contributed by atoms with Crippen molar-refractivity contribution in [1.29, 1.82) is 0 Å². The lowest BCUT2D eigenvalue weighted by Crippen LogP contribution is -2.30. The first kappa shape index (κ1) is 23.8. The molecule has 0 radical (unpaired) electrons. The van der Waals surface area contributed by atoms with Crippen molar-refractivity contribution in [1.82, 2.24) is 0 Å². The fourth-order valence-corrected chi connectivity index (χ4v) is 2.94. The largest absolute Gasteiger partial charge is 0.481 e. The van der Waals surface area contributed by atoms with Crippen molar-refractivity contribution in [2.24, 2.45) is 5.73 Å². The molecule has 146 valence electrons. The number of carbonyl (C=O) groups excluding carboxylic acids is 2. The molecule has 0 rings (SSSR count). The first-order chi connectivity index (χ1) is 12.1. The van der Waals surface area contributed by atoms with Crippen molar-refractivity contribution in [2.75, 3.05) is 0 Å². The number of Topliss-reactive ketones (excluding diaryl/α,β-unsaturated/α-hetero) is 1. The van der Waals surface area contributed by atoms with E-state index in [9.17, 15) is 14.4 Å². The fourth-order valence-electron chi connectivity index (χ4n) is 2.94. The van der Waals surface area contributed by atoms with Crippen LogP contribution in [0.1, 0.15) is 103 Å². The number of hydrogen-bond donors (Lipinski definition) is 2. The molecular weight excluding hydrogens is 318 g/mol. The number of aldehydes is 1. The third kappa shape index (κ3) is 17.4. The van der Waals surface area contributed by atoms with Crippen LogP contribution in [0.25, 0.3) is 0 Å². The van der Waals surface area contributed by atoms with Crippen LogP contribution in [0.5, 0.6) is 0 Å². The minimum atomic E-state index is -0.690. The van der Waals surface area contributed by atoms with Crippen molar-refractivity contribution in [3.8, 4) is 0 Å². The lowest BCUT2D eigenvalue weighted by atomic mass is 10.0. The van der Waals surface area contributed by atoms with E-state index in [2.05, 4.69) is 0 Å². The summed E-state index contributed by atoms with van der Waals surface area (Å²) in [5.74, 6) is -0.602. The van der Waals surface area contributed by atoms with Gasteiger partial charge in [0.1, 0.15) is 12.1 Å². The maximum atomic E-state index is 11.7. The van der Waals surface area contributed by atoms with Gasteiger partial charge in [0.05, 0.1) is 6.04 Å². The van der Waals surface area contributed by atoms with Gasteiger partial charge in [0, 0.05) is 19.3 Å². The van der Waals surface area contributed by atoms with Crippen LogP contribution in [-0.4, -0.2) is 29.2 Å². The monoisotopic (exact) mass is 355 g/mol. The molecule has 0 heterocycles. The van der Waals surface area contributed by atoms with E-state index in [-0.39, 0.29) is 5.78 Å². The van der Waals surface area contributed by atoms with Crippen LogP contribution in [-0.2, 0) is 14.4 Å². The third-order valence-electron chi connectivity index (χ3n) is 4.57. The van der Waals surface area contributed by atoms with Crippen molar-refractivity contribution in [3.63, 3.8) is 0 Å². The molecule has 25 heavy (non-hydrogen) atoms. The van der Waals surface area contributed by atoms with Crippen molar-refractivity contribution < 1.29 is 19.5 Å². The Kier molecular flexibility index (Phi) is 16.7. The number of ketones is 1. The van der Waals surface area contributed by atoms with Gasteiger partial charge < -0.3 is 15.6 Å². The molecule has 0 aromatic carbocycles. The number of carbonyl (C=O) groups is 3. The Hall–Kier alpha value is -1.23. The van der Waals surface area contributed by atoms with Gasteiger partial charge in [-0.25, -0.2) is 0 Å². The predicted octanol–water partition coefficient (Wildman–Crippen LogP) is 4.41. The molecular formula is C20H37NO4. The summed E-state index contributed by atoms with van der Waals surface area (Å²) < 4.78 is 0. The normalized spacial score (nSPS) is 12.0. The summed E-state index contributed by atoms with van der Waals surface area (Å²) in [5, 5.41) is 8.54. The van der Waals surface area contributed by atoms with Gasteiger partial charge in [-0.3, -0.25) is 9.59 Å². The maximum Gasteiger partial charge on any atom is 0.303 e. The topological polar surface area (TPSA) is 97.5 Å². The minimum absolute atomic E-state index is 0.0882. The van der Waals surface area contributed by atoms with Crippen LogP contribution < -0.4 is 5.73 Å². The van der Waals surface area contributed by atoms with E-state index in [4.69, 9.17) is 10.8 Å². The predicted molar refractivity (Wildman–Crippen MR) is 101 cm³/mol. The number of hydrogen-bond acceptors (Lipinski definition) is 4. The molecule has 1 atom stereocenters. The van der Waals surface area contributed by atoms with Gasteiger partial charge >= 0.3 is 5.97 Å². The summed E-state index contributed by atoms with van der Waals surface area (Å²) >= 11 is 0. The number of nitrogens with two attached hydrogens (primary N) is 1. The molecule has 0 spiro atoms. The maximum absolute atomic E-state index is 11.7. The Morgan fingerprint density at radius 2 is 1.16 bits per heavy atom. The highest BCUT2D eigenvalue weighted by molar-refractivity contribution is 5.83. The van der Waals surface area contributed by atoms with Crippen LogP contribution in [0, 0.1) is 0 Å². The average molecular weight is 356 g/mol. The van der Waals surface area contributed by atoms with E-state index in [1.165, 1.54) is 44.9 Å². The Balaban J connectivity index is 3.22. The molecule has 0 amide bonds. The molecule has 0 aliphatic carbocycles. The van der Waals surface area contributed by atoms with E-state index in [0.29, 0.717) is 25.7 Å². The highest BCUT2D eigenvalue weighted by Crippen LogP contribution is 2.13. The highest BCUT2D eigenvalue weighted by atomic mass is 16.4. The summed E-state index contributed by atoms with van der Waals surface area (Å²) in [6.07, 6.45) is 16.1. The number of aliphatic carboxylic acids is 1. The average Bonchev–Trinajstić information content (AvgIpc) is 2.59. The zero-order valence-corrected chi connectivity index (χ0v) is 15.7. The van der Waals surface area contributed by atoms with E-state index >= 15 is 0 Å². The van der Waals surface area contributed by atoms with Gasteiger partial charge in [-0.05, 0) is 19.3 Å². The second-order valence-corrected chi connectivity index (χ2v) is 6.95. The quantitative estimate of drug-likeness (QED) is 0.264. The van der Waals surface area contributed by atoms with Crippen molar-refractivity contribution >= 4 is 18.0 Å². The Morgan fingerprint density at radius 3 is 1.56 bits per heavy atom. The van der Waals surface area contributed by atoms with E-state index < -0.39 is 12.0 Å². The molecule has 5 heteroatoms. The number of unbranched alkanes of at least 4 members (excludes halogenated alkanes) is 11. The lowest BCUT2D eigenvalue weighted by molar-refractivity contribution is -0.137. The van der Waals surface area contributed by atoms with Crippen LogP contribution in [0.3, 0.4) is 0 Å². The molecule has 0 aliphatic rings. The molecule has 1 unspecified atom stereocenters. The number of carboxylic acids is 1. The molecule has 0 aliphatic heterocycles. The number of carboxylic acid groups (broad SMARTS) is 1. The molecule has 0 aromatic rings. The van der Waals surface area contributed by atoms with Crippen LogP contribution in [0.2, 0.25) is 0 Å². The Bertz CT molecular complexity index is 358. The molecule has 3 N–H and O–H groups in total. The van der Waals surface area contributed by atoms with Crippen LogP contribution >= 0.6 is 0 Å². The summed E-state index contributed by atoms with van der Waals surface area (Å²) in [4.78, 5) is 32.3. The molecule has 0 bridgehead atoms.